The summed E-state index contributed by atoms with van der Waals surface area (Å²) in [6.45, 7) is -0.559. The minimum atomic E-state index is -1.16. The second-order valence-corrected chi connectivity index (χ2v) is 8.12. The van der Waals surface area contributed by atoms with E-state index in [-0.39, 0.29) is 24.7 Å². The van der Waals surface area contributed by atoms with Gasteiger partial charge in [0.05, 0.1) is 50.2 Å². The molecule has 10 heteroatoms. The van der Waals surface area contributed by atoms with Gasteiger partial charge in [-0.25, -0.2) is 0 Å². The first kappa shape index (κ1) is 22.4. The minimum absolute atomic E-state index is 0.103. The van der Waals surface area contributed by atoms with Crippen molar-refractivity contribution >= 4 is 45.1 Å². The van der Waals surface area contributed by atoms with E-state index < -0.39 is 18.6 Å². The Hall–Kier alpha value is -2.83. The fourth-order valence-corrected chi connectivity index (χ4v) is 4.21. The topological polar surface area (TPSA) is 111 Å². The van der Waals surface area contributed by atoms with Gasteiger partial charge in [-0.1, -0.05) is 0 Å². The number of aliphatic hydroxyl groups excluding tert-OH is 2. The number of hydrogen-bond donors (Lipinski definition) is 2. The summed E-state index contributed by atoms with van der Waals surface area (Å²) in [5, 5.41) is 20.4. The van der Waals surface area contributed by atoms with Crippen LogP contribution in [0.5, 0.6) is 23.0 Å². The first-order valence-corrected chi connectivity index (χ1v) is 10.8. The zero-order valence-corrected chi connectivity index (χ0v) is 19.5. The summed E-state index contributed by atoms with van der Waals surface area (Å²) in [7, 11) is 2.95. The number of aliphatic hydroxyl groups is 2. The summed E-state index contributed by atoms with van der Waals surface area (Å²) in [6.07, 6.45) is 0.407. The highest BCUT2D eigenvalue weighted by molar-refractivity contribution is 14.1. The summed E-state index contributed by atoms with van der Waals surface area (Å²) in [6, 6.07) is 8.62. The smallest absolute Gasteiger partial charge is 0.263 e. The molecule has 0 radical (unpaired) electrons. The van der Waals surface area contributed by atoms with Crippen molar-refractivity contribution in [2.24, 2.45) is 0 Å². The number of amides is 1. The number of ether oxygens (including phenoxy) is 4. The molecule has 2 N–H and O–H groups in total. The van der Waals surface area contributed by atoms with Crippen LogP contribution in [0.4, 0.5) is 5.69 Å². The number of carbonyl (C=O) groups is 1. The molecule has 1 unspecified atom stereocenters. The van der Waals surface area contributed by atoms with Crippen molar-refractivity contribution in [3.05, 3.63) is 45.7 Å². The first-order chi connectivity index (χ1) is 15.5. The van der Waals surface area contributed by atoms with Crippen LogP contribution in [0.1, 0.15) is 10.4 Å². The van der Waals surface area contributed by atoms with E-state index in [2.05, 4.69) is 27.6 Å². The molecule has 168 valence electrons. The minimum Gasteiger partial charge on any atom is -0.493 e. The number of fused-ring (bicyclic) bond motifs is 2. The number of benzene rings is 2. The Morgan fingerprint density at radius 1 is 1.22 bits per heavy atom. The highest BCUT2D eigenvalue weighted by Crippen LogP contribution is 2.40. The van der Waals surface area contributed by atoms with Crippen molar-refractivity contribution in [1.82, 2.24) is 4.98 Å². The molecule has 0 saturated heterocycles. The van der Waals surface area contributed by atoms with Gasteiger partial charge >= 0.3 is 0 Å². The van der Waals surface area contributed by atoms with Gasteiger partial charge in [-0.05, 0) is 46.9 Å². The average molecular weight is 552 g/mol. The van der Waals surface area contributed by atoms with E-state index in [0.29, 0.717) is 37.4 Å². The molecule has 2 aromatic carbocycles. The molecule has 1 aliphatic heterocycles. The van der Waals surface area contributed by atoms with Gasteiger partial charge in [-0.2, -0.15) is 0 Å². The molecule has 32 heavy (non-hydrogen) atoms. The second-order valence-electron chi connectivity index (χ2n) is 6.96. The standard InChI is InChI=1S/C22H21IN2O7/c1-29-17-4-3-14(23)20(21(17)30-2)22(28)25(9-12(27)10-26)16-5-6-24-15-8-19-18(7-13(15)16)31-11-32-19/h3-8,12,26-27H,9-11H2,1-2H3. The lowest BCUT2D eigenvalue weighted by Gasteiger charge is -2.27. The summed E-state index contributed by atoms with van der Waals surface area (Å²) in [4.78, 5) is 19.6. The number of anilines is 1. The van der Waals surface area contributed by atoms with Gasteiger partial charge in [0.25, 0.3) is 5.91 Å². The number of rotatable bonds is 7. The monoisotopic (exact) mass is 552 g/mol. The first-order valence-electron chi connectivity index (χ1n) is 9.68. The molecule has 1 aliphatic rings. The molecule has 1 aromatic heterocycles. The molecule has 0 fully saturated rings. The molecule has 0 bridgehead atoms. The van der Waals surface area contributed by atoms with Gasteiger partial charge in [-0.15, -0.1) is 0 Å². The third-order valence-electron chi connectivity index (χ3n) is 5.06. The Balaban J connectivity index is 1.90. The third-order valence-corrected chi connectivity index (χ3v) is 5.96. The molecule has 2 heterocycles. The molecule has 0 spiro atoms. The fourth-order valence-electron chi connectivity index (χ4n) is 3.55. The van der Waals surface area contributed by atoms with Crippen LogP contribution in [0.15, 0.2) is 36.5 Å². The Morgan fingerprint density at radius 3 is 2.66 bits per heavy atom. The number of hydrogen-bond acceptors (Lipinski definition) is 8. The maximum Gasteiger partial charge on any atom is 0.263 e. The van der Waals surface area contributed by atoms with Crippen LogP contribution < -0.4 is 23.8 Å². The Kier molecular flexibility index (Phi) is 6.53. The van der Waals surface area contributed by atoms with Crippen LogP contribution in [-0.4, -0.2) is 61.4 Å². The zero-order chi connectivity index (χ0) is 22.8. The molecule has 1 amide bonds. The van der Waals surface area contributed by atoms with Crippen molar-refractivity contribution in [3.8, 4) is 23.0 Å². The van der Waals surface area contributed by atoms with Crippen LogP contribution in [-0.2, 0) is 0 Å². The maximum atomic E-state index is 13.9. The molecule has 1 atom stereocenters. The Bertz CT molecular complexity index is 1170. The van der Waals surface area contributed by atoms with Crippen molar-refractivity contribution in [3.63, 3.8) is 0 Å². The highest BCUT2D eigenvalue weighted by atomic mass is 127. The predicted octanol–water partition coefficient (Wildman–Crippen LogP) is 2.59. The maximum absolute atomic E-state index is 13.9. The average Bonchev–Trinajstić information content (AvgIpc) is 3.27. The van der Waals surface area contributed by atoms with E-state index in [4.69, 9.17) is 18.9 Å². The van der Waals surface area contributed by atoms with Gasteiger partial charge in [0.1, 0.15) is 0 Å². The SMILES string of the molecule is COc1ccc(I)c(C(=O)N(CC(O)CO)c2ccnc3cc4c(cc23)OCO4)c1OC. The zero-order valence-electron chi connectivity index (χ0n) is 17.4. The van der Waals surface area contributed by atoms with Crippen molar-refractivity contribution in [2.45, 2.75) is 6.10 Å². The Morgan fingerprint density at radius 2 is 1.97 bits per heavy atom. The molecule has 4 rings (SSSR count). The molecule has 9 nitrogen and oxygen atoms in total. The summed E-state index contributed by atoms with van der Waals surface area (Å²) in [5.41, 5.74) is 1.37. The molecular weight excluding hydrogens is 531 g/mol. The quantitative estimate of drug-likeness (QED) is 0.431. The number of nitrogens with zero attached hydrogens (tertiary/aromatic N) is 2. The molecule has 0 aliphatic carbocycles. The van der Waals surface area contributed by atoms with Crippen LogP contribution in [0, 0.1) is 3.57 Å². The van der Waals surface area contributed by atoms with E-state index >= 15 is 0 Å². The number of halogens is 1. The van der Waals surface area contributed by atoms with Gasteiger partial charge in [-0.3, -0.25) is 9.78 Å². The number of methoxy groups -OCH3 is 2. The number of aromatic nitrogens is 1. The fraction of sp³-hybridized carbons (Fsp3) is 0.273. The van der Waals surface area contributed by atoms with Gasteiger partial charge in [0.2, 0.25) is 6.79 Å². The van der Waals surface area contributed by atoms with Gasteiger partial charge < -0.3 is 34.1 Å². The van der Waals surface area contributed by atoms with Crippen LogP contribution in [0.2, 0.25) is 0 Å². The molecule has 3 aromatic rings. The lowest BCUT2D eigenvalue weighted by Crippen LogP contribution is -2.39. The summed E-state index contributed by atoms with van der Waals surface area (Å²) in [5.74, 6) is 1.36. The van der Waals surface area contributed by atoms with E-state index in [1.807, 2.05) is 0 Å². The number of carbonyl (C=O) groups excluding carboxylic acids is 1. The van der Waals surface area contributed by atoms with E-state index in [9.17, 15) is 15.0 Å². The molecule has 0 saturated carbocycles. The summed E-state index contributed by atoms with van der Waals surface area (Å²) < 4.78 is 22.4. The van der Waals surface area contributed by atoms with E-state index in [1.165, 1.54) is 19.1 Å². The van der Waals surface area contributed by atoms with Crippen molar-refractivity contribution in [2.75, 3.05) is 39.1 Å². The van der Waals surface area contributed by atoms with Gasteiger partial charge in [0.15, 0.2) is 23.0 Å². The predicted molar refractivity (Wildman–Crippen MR) is 125 cm³/mol. The van der Waals surface area contributed by atoms with Crippen molar-refractivity contribution in [1.29, 1.82) is 0 Å². The third kappa shape index (κ3) is 4.00. The molecular formula is C22H21IN2O7. The highest BCUT2D eigenvalue weighted by Gasteiger charge is 2.29. The Labute approximate surface area is 197 Å². The second kappa shape index (κ2) is 9.35. The lowest BCUT2D eigenvalue weighted by molar-refractivity contribution is 0.0865. The van der Waals surface area contributed by atoms with E-state index in [1.54, 1.807) is 36.5 Å². The van der Waals surface area contributed by atoms with Gasteiger partial charge in [0, 0.05) is 21.2 Å². The lowest BCUT2D eigenvalue weighted by atomic mass is 10.1. The van der Waals surface area contributed by atoms with E-state index in [0.717, 1.165) is 0 Å². The summed E-state index contributed by atoms with van der Waals surface area (Å²) >= 11 is 2.05. The van der Waals surface area contributed by atoms with Crippen LogP contribution >= 0.6 is 22.6 Å². The van der Waals surface area contributed by atoms with Crippen LogP contribution in [0.25, 0.3) is 10.9 Å². The normalized spacial score (nSPS) is 13.2. The largest absolute Gasteiger partial charge is 0.493 e. The van der Waals surface area contributed by atoms with Crippen molar-refractivity contribution < 1.29 is 34.0 Å². The van der Waals surface area contributed by atoms with Crippen LogP contribution in [0.3, 0.4) is 0 Å². The number of pyridine rings is 1.